The molecule has 7 heteroatoms. The van der Waals surface area contributed by atoms with Crippen molar-refractivity contribution >= 4 is 27.4 Å². The summed E-state index contributed by atoms with van der Waals surface area (Å²) < 4.78 is 27.1. The van der Waals surface area contributed by atoms with Crippen LogP contribution in [0.1, 0.15) is 15.9 Å². The topological polar surface area (TPSA) is 88.2 Å². The van der Waals surface area contributed by atoms with E-state index in [4.69, 9.17) is 0 Å². The number of pyridine rings is 1. The van der Waals surface area contributed by atoms with Gasteiger partial charge in [-0.2, -0.15) is 0 Å². The molecule has 3 aromatic rings. The van der Waals surface area contributed by atoms with E-state index < -0.39 is 10.0 Å². The quantitative estimate of drug-likeness (QED) is 0.723. The van der Waals surface area contributed by atoms with Crippen LogP contribution in [0, 0.1) is 6.92 Å². The first-order chi connectivity index (χ1) is 12.5. The first-order valence-corrected chi connectivity index (χ1v) is 9.35. The monoisotopic (exact) mass is 367 g/mol. The molecule has 0 radical (unpaired) electrons. The molecule has 0 spiro atoms. The summed E-state index contributed by atoms with van der Waals surface area (Å²) in [6, 6.07) is 18.1. The van der Waals surface area contributed by atoms with Crippen molar-refractivity contribution in [3.8, 4) is 0 Å². The first kappa shape index (κ1) is 17.6. The van der Waals surface area contributed by atoms with Crippen molar-refractivity contribution in [1.29, 1.82) is 0 Å². The molecule has 6 nitrogen and oxygen atoms in total. The molecule has 2 N–H and O–H groups in total. The number of aromatic nitrogens is 1. The zero-order chi connectivity index (χ0) is 18.6. The average molecular weight is 367 g/mol. The molecule has 0 saturated carbocycles. The van der Waals surface area contributed by atoms with Crippen LogP contribution in [-0.4, -0.2) is 19.3 Å². The summed E-state index contributed by atoms with van der Waals surface area (Å²) in [7, 11) is -3.74. The molecule has 1 amide bonds. The van der Waals surface area contributed by atoms with Crippen LogP contribution < -0.4 is 10.0 Å². The SMILES string of the molecule is Cc1ccccc1C(=O)Nc1ccc(S(=O)(=O)Nc2ccccn2)cc1. The molecule has 0 aliphatic rings. The summed E-state index contributed by atoms with van der Waals surface area (Å²) in [4.78, 5) is 16.3. The number of rotatable bonds is 5. The highest BCUT2D eigenvalue weighted by Gasteiger charge is 2.15. The van der Waals surface area contributed by atoms with E-state index in [1.54, 1.807) is 42.5 Å². The second-order valence-electron chi connectivity index (χ2n) is 5.61. The number of carbonyl (C=O) groups is 1. The lowest BCUT2D eigenvalue weighted by atomic mass is 10.1. The van der Waals surface area contributed by atoms with Crippen LogP contribution in [0.15, 0.2) is 77.8 Å². The highest BCUT2D eigenvalue weighted by molar-refractivity contribution is 7.92. The smallest absolute Gasteiger partial charge is 0.263 e. The van der Waals surface area contributed by atoms with Crippen LogP contribution >= 0.6 is 0 Å². The Labute approximate surface area is 152 Å². The van der Waals surface area contributed by atoms with Crippen molar-refractivity contribution in [1.82, 2.24) is 4.98 Å². The van der Waals surface area contributed by atoms with Gasteiger partial charge in [0, 0.05) is 17.4 Å². The molecule has 1 aromatic heterocycles. The van der Waals surface area contributed by atoms with Crippen molar-refractivity contribution in [3.63, 3.8) is 0 Å². The van der Waals surface area contributed by atoms with Crippen LogP contribution in [0.25, 0.3) is 0 Å². The molecular weight excluding hydrogens is 350 g/mol. The van der Waals surface area contributed by atoms with Gasteiger partial charge in [0.1, 0.15) is 5.82 Å². The van der Waals surface area contributed by atoms with Gasteiger partial charge in [0.25, 0.3) is 15.9 Å². The zero-order valence-corrected chi connectivity index (χ0v) is 14.8. The van der Waals surface area contributed by atoms with Crippen molar-refractivity contribution in [3.05, 3.63) is 84.1 Å². The molecular formula is C19H17N3O3S. The number of hydrogen-bond donors (Lipinski definition) is 2. The van der Waals surface area contributed by atoms with E-state index in [2.05, 4.69) is 15.0 Å². The van der Waals surface area contributed by atoms with E-state index in [-0.39, 0.29) is 16.6 Å². The lowest BCUT2D eigenvalue weighted by Gasteiger charge is -2.10. The highest BCUT2D eigenvalue weighted by Crippen LogP contribution is 2.18. The molecule has 26 heavy (non-hydrogen) atoms. The number of nitrogens with one attached hydrogen (secondary N) is 2. The minimum Gasteiger partial charge on any atom is -0.322 e. The third-order valence-electron chi connectivity index (χ3n) is 3.72. The summed E-state index contributed by atoms with van der Waals surface area (Å²) in [6.45, 7) is 1.86. The van der Waals surface area contributed by atoms with Gasteiger partial charge in [-0.25, -0.2) is 13.4 Å². The Hall–Kier alpha value is -3.19. The Morgan fingerprint density at radius 3 is 2.27 bits per heavy atom. The molecule has 0 aliphatic carbocycles. The van der Waals surface area contributed by atoms with Gasteiger partial charge in [-0.05, 0) is 55.0 Å². The van der Waals surface area contributed by atoms with Crippen molar-refractivity contribution in [2.75, 3.05) is 10.0 Å². The Kier molecular flexibility index (Phi) is 4.99. The van der Waals surface area contributed by atoms with Crippen LogP contribution in [-0.2, 0) is 10.0 Å². The minimum atomic E-state index is -3.74. The lowest BCUT2D eigenvalue weighted by molar-refractivity contribution is 0.102. The van der Waals surface area contributed by atoms with Gasteiger partial charge in [0.05, 0.1) is 4.90 Å². The summed E-state index contributed by atoms with van der Waals surface area (Å²) in [6.07, 6.45) is 1.50. The molecule has 0 unspecified atom stereocenters. The van der Waals surface area contributed by atoms with Crippen molar-refractivity contribution in [2.24, 2.45) is 0 Å². The molecule has 1 heterocycles. The Bertz CT molecular complexity index is 1020. The van der Waals surface area contributed by atoms with Gasteiger partial charge in [0.15, 0.2) is 0 Å². The molecule has 132 valence electrons. The number of anilines is 2. The van der Waals surface area contributed by atoms with Crippen LogP contribution in [0.3, 0.4) is 0 Å². The van der Waals surface area contributed by atoms with Gasteiger partial charge >= 0.3 is 0 Å². The zero-order valence-electron chi connectivity index (χ0n) is 14.0. The Balaban J connectivity index is 1.74. The molecule has 0 atom stereocenters. The summed E-state index contributed by atoms with van der Waals surface area (Å²) in [5.41, 5.74) is 1.94. The molecule has 0 bridgehead atoms. The molecule has 2 aromatic carbocycles. The maximum absolute atomic E-state index is 12.4. The second-order valence-corrected chi connectivity index (χ2v) is 7.30. The van der Waals surface area contributed by atoms with Gasteiger partial charge in [-0.15, -0.1) is 0 Å². The lowest BCUT2D eigenvalue weighted by Crippen LogP contribution is -2.15. The number of hydrogen-bond acceptors (Lipinski definition) is 4. The molecule has 0 fully saturated rings. The summed E-state index contributed by atoms with van der Waals surface area (Å²) in [5, 5.41) is 2.76. The van der Waals surface area contributed by atoms with Crippen molar-refractivity contribution < 1.29 is 13.2 Å². The number of aryl methyl sites for hydroxylation is 1. The highest BCUT2D eigenvalue weighted by atomic mass is 32.2. The predicted octanol–water partition coefficient (Wildman–Crippen LogP) is 3.44. The average Bonchev–Trinajstić information content (AvgIpc) is 2.63. The predicted molar refractivity (Wildman–Crippen MR) is 101 cm³/mol. The van der Waals surface area contributed by atoms with Gasteiger partial charge in [0.2, 0.25) is 0 Å². The van der Waals surface area contributed by atoms with Crippen LogP contribution in [0.5, 0.6) is 0 Å². The molecule has 3 rings (SSSR count). The van der Waals surface area contributed by atoms with E-state index in [1.165, 1.54) is 18.3 Å². The second kappa shape index (κ2) is 7.37. The number of nitrogens with zero attached hydrogens (tertiary/aromatic N) is 1. The van der Waals surface area contributed by atoms with E-state index >= 15 is 0 Å². The number of carbonyl (C=O) groups excluding carboxylic acids is 1. The normalized spacial score (nSPS) is 11.0. The third kappa shape index (κ3) is 4.07. The maximum Gasteiger partial charge on any atom is 0.263 e. The fourth-order valence-electron chi connectivity index (χ4n) is 2.36. The Morgan fingerprint density at radius 2 is 1.62 bits per heavy atom. The molecule has 0 saturated heterocycles. The molecule has 0 aliphatic heterocycles. The van der Waals surface area contributed by atoms with E-state index in [9.17, 15) is 13.2 Å². The summed E-state index contributed by atoms with van der Waals surface area (Å²) >= 11 is 0. The van der Waals surface area contributed by atoms with E-state index in [1.807, 2.05) is 19.1 Å². The largest absolute Gasteiger partial charge is 0.322 e. The standard InChI is InChI=1S/C19H17N3O3S/c1-14-6-2-3-7-17(14)19(23)21-15-9-11-16(12-10-15)26(24,25)22-18-8-4-5-13-20-18/h2-13H,1H3,(H,20,22)(H,21,23). The Morgan fingerprint density at radius 1 is 0.923 bits per heavy atom. The first-order valence-electron chi connectivity index (χ1n) is 7.86. The van der Waals surface area contributed by atoms with E-state index in [0.29, 0.717) is 11.3 Å². The number of sulfonamides is 1. The van der Waals surface area contributed by atoms with Crippen LogP contribution in [0.2, 0.25) is 0 Å². The maximum atomic E-state index is 12.4. The third-order valence-corrected chi connectivity index (χ3v) is 5.09. The minimum absolute atomic E-state index is 0.0806. The fourth-order valence-corrected chi connectivity index (χ4v) is 3.37. The van der Waals surface area contributed by atoms with E-state index in [0.717, 1.165) is 5.56 Å². The summed E-state index contributed by atoms with van der Waals surface area (Å²) in [5.74, 6) is -0.00486. The van der Waals surface area contributed by atoms with Crippen molar-refractivity contribution in [2.45, 2.75) is 11.8 Å². The fraction of sp³-hybridized carbons (Fsp3) is 0.0526. The van der Waals surface area contributed by atoms with Gasteiger partial charge in [-0.3, -0.25) is 9.52 Å². The number of amides is 1. The van der Waals surface area contributed by atoms with Gasteiger partial charge in [-0.1, -0.05) is 24.3 Å². The van der Waals surface area contributed by atoms with Gasteiger partial charge < -0.3 is 5.32 Å². The number of benzene rings is 2. The van der Waals surface area contributed by atoms with Crippen LogP contribution in [0.4, 0.5) is 11.5 Å².